The summed E-state index contributed by atoms with van der Waals surface area (Å²) in [6.45, 7) is 0. The second kappa shape index (κ2) is 7.87. The van der Waals surface area contributed by atoms with Crippen molar-refractivity contribution in [1.82, 2.24) is 4.98 Å². The first-order chi connectivity index (χ1) is 9.88. The molecule has 110 valence electrons. The Hall–Kier alpha value is -1.21. The Morgan fingerprint density at radius 2 is 1.82 bits per heavy atom. The van der Waals surface area contributed by atoms with Gasteiger partial charge < -0.3 is 9.90 Å². The maximum atomic E-state index is 11.4. The molecule has 5 nitrogen and oxygen atoms in total. The van der Waals surface area contributed by atoms with Gasteiger partial charge in [-0.2, -0.15) is 0 Å². The Bertz CT molecular complexity index is 730. The molecule has 0 aliphatic carbocycles. The summed E-state index contributed by atoms with van der Waals surface area (Å²) >= 11 is 0. The SMILES string of the molecule is CS(=O)(=O)c1ccc(CC(C(=O)[O-])c2ccccn2)cc1.[Na+]. The molecule has 0 spiro atoms. The van der Waals surface area contributed by atoms with Crippen LogP contribution in [0.4, 0.5) is 0 Å². The number of carbonyl (C=O) groups is 1. The number of nitrogens with zero attached hydrogens (tertiary/aromatic N) is 1. The van der Waals surface area contributed by atoms with Crippen LogP contribution in [0.15, 0.2) is 53.6 Å². The number of hydrogen-bond acceptors (Lipinski definition) is 5. The number of benzene rings is 1. The van der Waals surface area contributed by atoms with E-state index in [4.69, 9.17) is 0 Å². The normalized spacial score (nSPS) is 12.2. The van der Waals surface area contributed by atoms with Gasteiger partial charge in [0.05, 0.1) is 10.9 Å². The summed E-state index contributed by atoms with van der Waals surface area (Å²) in [5.74, 6) is -2.07. The van der Waals surface area contributed by atoms with Crippen molar-refractivity contribution in [2.45, 2.75) is 17.2 Å². The molecule has 22 heavy (non-hydrogen) atoms. The van der Waals surface area contributed by atoms with Crippen LogP contribution in [0, 0.1) is 0 Å². The third kappa shape index (κ3) is 4.91. The number of pyridine rings is 1. The van der Waals surface area contributed by atoms with Crippen LogP contribution in [0.25, 0.3) is 0 Å². The Morgan fingerprint density at radius 3 is 2.27 bits per heavy atom. The smallest absolute Gasteiger partial charge is 0.549 e. The van der Waals surface area contributed by atoms with E-state index in [-0.39, 0.29) is 40.9 Å². The second-order valence-electron chi connectivity index (χ2n) is 4.75. The van der Waals surface area contributed by atoms with E-state index in [9.17, 15) is 18.3 Å². The molecule has 0 bridgehead atoms. The molecule has 2 rings (SSSR count). The van der Waals surface area contributed by atoms with Crippen LogP contribution in [0.5, 0.6) is 0 Å². The Balaban J connectivity index is 0.00000242. The maximum Gasteiger partial charge on any atom is 1.00 e. The number of carboxylic acid groups (broad SMARTS) is 1. The van der Waals surface area contributed by atoms with Crippen molar-refractivity contribution in [3.05, 3.63) is 59.9 Å². The Labute approximate surface area is 151 Å². The van der Waals surface area contributed by atoms with Gasteiger partial charge in [-0.05, 0) is 36.2 Å². The molecule has 2 aromatic rings. The first-order valence-corrected chi connectivity index (χ1v) is 8.18. The largest absolute Gasteiger partial charge is 1.00 e. The van der Waals surface area contributed by atoms with Crippen LogP contribution in [-0.2, 0) is 21.1 Å². The summed E-state index contributed by atoms with van der Waals surface area (Å²) in [5, 5.41) is 11.3. The number of carbonyl (C=O) groups excluding carboxylic acids is 1. The third-order valence-corrected chi connectivity index (χ3v) is 4.25. The van der Waals surface area contributed by atoms with Crippen LogP contribution in [0.2, 0.25) is 0 Å². The predicted octanol–water partition coefficient (Wildman–Crippen LogP) is -2.43. The quantitative estimate of drug-likeness (QED) is 0.570. The molecule has 0 saturated heterocycles. The van der Waals surface area contributed by atoms with Gasteiger partial charge in [-0.1, -0.05) is 18.2 Å². The Kier molecular flexibility index (Phi) is 6.74. The zero-order chi connectivity index (χ0) is 15.5. The average molecular weight is 327 g/mol. The van der Waals surface area contributed by atoms with E-state index < -0.39 is 21.7 Å². The van der Waals surface area contributed by atoms with Gasteiger partial charge in [0.2, 0.25) is 0 Å². The van der Waals surface area contributed by atoms with E-state index in [0.717, 1.165) is 6.26 Å². The van der Waals surface area contributed by atoms with Crippen molar-refractivity contribution in [3.63, 3.8) is 0 Å². The topological polar surface area (TPSA) is 87.2 Å². The monoisotopic (exact) mass is 327 g/mol. The Morgan fingerprint density at radius 1 is 1.18 bits per heavy atom. The molecule has 1 aromatic carbocycles. The fourth-order valence-electron chi connectivity index (χ4n) is 2.00. The van der Waals surface area contributed by atoms with Crippen molar-refractivity contribution in [2.75, 3.05) is 6.26 Å². The number of carboxylic acids is 1. The zero-order valence-corrected chi connectivity index (χ0v) is 15.2. The van der Waals surface area contributed by atoms with Crippen molar-refractivity contribution in [1.29, 1.82) is 0 Å². The molecule has 0 amide bonds. The van der Waals surface area contributed by atoms with Crippen molar-refractivity contribution >= 4 is 15.8 Å². The molecule has 1 unspecified atom stereocenters. The van der Waals surface area contributed by atoms with Crippen molar-refractivity contribution < 1.29 is 47.9 Å². The molecule has 0 aliphatic heterocycles. The number of aliphatic carboxylic acids is 1. The minimum absolute atomic E-state index is 0. The molecular formula is C15H14NNaO4S. The first kappa shape index (κ1) is 18.8. The summed E-state index contributed by atoms with van der Waals surface area (Å²) in [4.78, 5) is 15.5. The first-order valence-electron chi connectivity index (χ1n) is 6.28. The number of aromatic nitrogens is 1. The van der Waals surface area contributed by atoms with E-state index in [1.54, 1.807) is 30.3 Å². The third-order valence-electron chi connectivity index (χ3n) is 3.12. The molecule has 0 radical (unpaired) electrons. The van der Waals surface area contributed by atoms with Crippen molar-refractivity contribution in [3.8, 4) is 0 Å². The fraction of sp³-hybridized carbons (Fsp3) is 0.200. The molecule has 1 aromatic heterocycles. The molecule has 0 saturated carbocycles. The molecule has 1 heterocycles. The van der Waals surface area contributed by atoms with Gasteiger partial charge in [-0.3, -0.25) is 4.98 Å². The number of sulfone groups is 1. The van der Waals surface area contributed by atoms with E-state index >= 15 is 0 Å². The molecule has 0 N–H and O–H groups in total. The molecule has 0 aliphatic rings. The molecule has 0 fully saturated rings. The summed E-state index contributed by atoms with van der Waals surface area (Å²) in [6.07, 6.45) is 2.85. The van der Waals surface area contributed by atoms with Gasteiger partial charge >= 0.3 is 29.6 Å². The van der Waals surface area contributed by atoms with Crippen LogP contribution in [-0.4, -0.2) is 25.6 Å². The minimum Gasteiger partial charge on any atom is -0.549 e. The van der Waals surface area contributed by atoms with Crippen LogP contribution in [0.3, 0.4) is 0 Å². The maximum absolute atomic E-state index is 11.4. The minimum atomic E-state index is -3.26. The van der Waals surface area contributed by atoms with Crippen LogP contribution in [0.1, 0.15) is 17.2 Å². The van der Waals surface area contributed by atoms with E-state index in [2.05, 4.69) is 4.98 Å². The predicted molar refractivity (Wildman–Crippen MR) is 75.2 cm³/mol. The fourth-order valence-corrected chi connectivity index (χ4v) is 2.63. The van der Waals surface area contributed by atoms with E-state index in [1.165, 1.54) is 18.3 Å². The number of rotatable bonds is 5. The van der Waals surface area contributed by atoms with E-state index in [0.29, 0.717) is 11.3 Å². The summed E-state index contributed by atoms with van der Waals surface area (Å²) < 4.78 is 22.8. The van der Waals surface area contributed by atoms with Gasteiger partial charge in [0.1, 0.15) is 0 Å². The molecule has 1 atom stereocenters. The van der Waals surface area contributed by atoms with Crippen LogP contribution >= 0.6 is 0 Å². The summed E-state index contributed by atoms with van der Waals surface area (Å²) in [7, 11) is -3.26. The van der Waals surface area contributed by atoms with Gasteiger partial charge in [-0.15, -0.1) is 0 Å². The average Bonchev–Trinajstić information content (AvgIpc) is 2.45. The van der Waals surface area contributed by atoms with Gasteiger partial charge in [0, 0.05) is 24.1 Å². The van der Waals surface area contributed by atoms with E-state index in [1.807, 2.05) is 0 Å². The van der Waals surface area contributed by atoms with Crippen molar-refractivity contribution in [2.24, 2.45) is 0 Å². The zero-order valence-electron chi connectivity index (χ0n) is 12.4. The molecular weight excluding hydrogens is 313 g/mol. The second-order valence-corrected chi connectivity index (χ2v) is 6.76. The van der Waals surface area contributed by atoms with Gasteiger partial charge in [-0.25, -0.2) is 8.42 Å². The van der Waals surface area contributed by atoms with Gasteiger partial charge in [0.15, 0.2) is 9.84 Å². The molecule has 7 heteroatoms. The summed E-state index contributed by atoms with van der Waals surface area (Å²) in [5.41, 5.74) is 1.13. The van der Waals surface area contributed by atoms with Gasteiger partial charge in [0.25, 0.3) is 0 Å². The van der Waals surface area contributed by atoms with Crippen LogP contribution < -0.4 is 34.7 Å². The number of hydrogen-bond donors (Lipinski definition) is 0. The summed E-state index contributed by atoms with van der Waals surface area (Å²) in [6, 6.07) is 11.2. The standard InChI is InChI=1S/C15H15NO4S.Na/c1-21(19,20)12-7-5-11(6-8-12)10-13(15(17)18)14-4-2-3-9-16-14;/h2-9,13H,10H2,1H3,(H,17,18);/q;+1/p-1.